The predicted octanol–water partition coefficient (Wildman–Crippen LogP) is 4.41. The third kappa shape index (κ3) is 5.46. The standard InChI is InChI=1S/C24H29N3O2S/c1-24(2,23(29)26-13-12-18-8-5-4-6-9-18)22(19-10-7-11-20(28)16-19)27(3)17-21-25-14-15-30-21/h4-11,14-16,22,28H,12-13,17H2,1-3H3,(H,26,29). The molecule has 1 aromatic heterocycles. The van der Waals surface area contributed by atoms with Crippen LogP contribution >= 0.6 is 11.3 Å². The van der Waals surface area contributed by atoms with Gasteiger partial charge in [-0.05, 0) is 50.6 Å². The minimum Gasteiger partial charge on any atom is -0.508 e. The number of aromatic nitrogens is 1. The lowest BCUT2D eigenvalue weighted by Gasteiger charge is -2.39. The number of carbonyl (C=O) groups excluding carboxylic acids is 1. The number of nitrogens with one attached hydrogen (secondary N) is 1. The van der Waals surface area contributed by atoms with Gasteiger partial charge in [0.2, 0.25) is 5.91 Å². The molecular formula is C24H29N3O2S. The van der Waals surface area contributed by atoms with Crippen molar-refractivity contribution in [3.05, 3.63) is 82.3 Å². The van der Waals surface area contributed by atoms with Gasteiger partial charge in [0.15, 0.2) is 0 Å². The third-order valence-electron chi connectivity index (χ3n) is 5.31. The van der Waals surface area contributed by atoms with E-state index < -0.39 is 5.41 Å². The maximum Gasteiger partial charge on any atom is 0.227 e. The molecule has 0 saturated heterocycles. The Hall–Kier alpha value is -2.70. The Morgan fingerprint density at radius 2 is 1.97 bits per heavy atom. The largest absolute Gasteiger partial charge is 0.508 e. The lowest BCUT2D eigenvalue weighted by atomic mass is 9.78. The number of thiazole rings is 1. The molecule has 0 saturated carbocycles. The van der Waals surface area contributed by atoms with Crippen molar-refractivity contribution in [3.8, 4) is 5.75 Å². The number of carbonyl (C=O) groups is 1. The van der Waals surface area contributed by atoms with Crippen molar-refractivity contribution in [2.45, 2.75) is 32.9 Å². The first-order valence-corrected chi connectivity index (χ1v) is 11.0. The van der Waals surface area contributed by atoms with Crippen molar-refractivity contribution in [2.24, 2.45) is 5.41 Å². The summed E-state index contributed by atoms with van der Waals surface area (Å²) in [5.74, 6) is 0.179. The molecule has 0 aliphatic rings. The van der Waals surface area contributed by atoms with E-state index in [9.17, 15) is 9.90 Å². The molecule has 1 unspecified atom stereocenters. The van der Waals surface area contributed by atoms with Gasteiger partial charge in [0.1, 0.15) is 10.8 Å². The fourth-order valence-electron chi connectivity index (χ4n) is 3.87. The number of phenols is 1. The molecule has 0 fully saturated rings. The number of benzene rings is 2. The molecule has 0 bridgehead atoms. The summed E-state index contributed by atoms with van der Waals surface area (Å²) < 4.78 is 0. The van der Waals surface area contributed by atoms with Gasteiger partial charge in [0.25, 0.3) is 0 Å². The number of nitrogens with zero attached hydrogens (tertiary/aromatic N) is 2. The van der Waals surface area contributed by atoms with E-state index in [2.05, 4.69) is 27.3 Å². The monoisotopic (exact) mass is 423 g/mol. The van der Waals surface area contributed by atoms with Crippen LogP contribution in [0.5, 0.6) is 5.75 Å². The van der Waals surface area contributed by atoms with Gasteiger partial charge in [-0.2, -0.15) is 0 Å². The summed E-state index contributed by atoms with van der Waals surface area (Å²) in [7, 11) is 2.00. The number of amides is 1. The van der Waals surface area contributed by atoms with Crippen LogP contribution in [0, 0.1) is 5.41 Å². The topological polar surface area (TPSA) is 65.5 Å². The van der Waals surface area contributed by atoms with Crippen LogP contribution in [0.3, 0.4) is 0 Å². The van der Waals surface area contributed by atoms with E-state index in [1.54, 1.807) is 29.7 Å². The molecular weight excluding hydrogens is 394 g/mol. The van der Waals surface area contributed by atoms with Gasteiger partial charge in [0.05, 0.1) is 12.0 Å². The van der Waals surface area contributed by atoms with Crippen LogP contribution in [0.4, 0.5) is 0 Å². The Labute approximate surface area is 182 Å². The SMILES string of the molecule is CN(Cc1nccs1)C(c1cccc(O)c1)C(C)(C)C(=O)NCCc1ccccc1. The van der Waals surface area contributed by atoms with Crippen LogP contribution in [-0.4, -0.2) is 34.5 Å². The average Bonchev–Trinajstić information content (AvgIpc) is 3.21. The first kappa shape index (κ1) is 22.0. The molecule has 2 aromatic carbocycles. The van der Waals surface area contributed by atoms with Crippen molar-refractivity contribution < 1.29 is 9.90 Å². The van der Waals surface area contributed by atoms with Gasteiger partial charge in [-0.15, -0.1) is 11.3 Å². The molecule has 3 rings (SSSR count). The lowest BCUT2D eigenvalue weighted by molar-refractivity contribution is -0.133. The second-order valence-corrected chi connectivity index (χ2v) is 9.03. The summed E-state index contributed by atoms with van der Waals surface area (Å²) in [6.07, 6.45) is 2.58. The minimum atomic E-state index is -0.726. The fourth-order valence-corrected chi connectivity index (χ4v) is 4.55. The Morgan fingerprint density at radius 3 is 2.63 bits per heavy atom. The summed E-state index contributed by atoms with van der Waals surface area (Å²) in [5.41, 5.74) is 1.37. The zero-order valence-corrected chi connectivity index (χ0v) is 18.5. The Morgan fingerprint density at radius 1 is 1.20 bits per heavy atom. The highest BCUT2D eigenvalue weighted by Crippen LogP contribution is 2.39. The molecule has 5 nitrogen and oxygen atoms in total. The zero-order valence-electron chi connectivity index (χ0n) is 17.7. The van der Waals surface area contributed by atoms with Crippen molar-refractivity contribution in [1.29, 1.82) is 0 Å². The Kier molecular flexibility index (Phi) is 7.24. The zero-order chi connectivity index (χ0) is 21.6. The quantitative estimate of drug-likeness (QED) is 0.535. The van der Waals surface area contributed by atoms with E-state index in [1.165, 1.54) is 5.56 Å². The highest BCUT2D eigenvalue weighted by Gasteiger charge is 2.40. The molecule has 6 heteroatoms. The molecule has 1 amide bonds. The summed E-state index contributed by atoms with van der Waals surface area (Å²) >= 11 is 1.59. The lowest BCUT2D eigenvalue weighted by Crippen LogP contribution is -2.46. The summed E-state index contributed by atoms with van der Waals surface area (Å²) in [5, 5.41) is 16.1. The summed E-state index contributed by atoms with van der Waals surface area (Å²) in [6, 6.07) is 17.1. The van der Waals surface area contributed by atoms with Crippen molar-refractivity contribution in [1.82, 2.24) is 15.2 Å². The van der Waals surface area contributed by atoms with Crippen LogP contribution in [0.25, 0.3) is 0 Å². The van der Waals surface area contributed by atoms with Gasteiger partial charge < -0.3 is 10.4 Å². The van der Waals surface area contributed by atoms with E-state index in [0.717, 1.165) is 17.0 Å². The first-order valence-electron chi connectivity index (χ1n) is 10.1. The Balaban J connectivity index is 1.78. The van der Waals surface area contributed by atoms with E-state index in [4.69, 9.17) is 0 Å². The van der Waals surface area contributed by atoms with Crippen LogP contribution in [0.1, 0.15) is 36.0 Å². The number of aromatic hydroxyl groups is 1. The van der Waals surface area contributed by atoms with Crippen molar-refractivity contribution in [3.63, 3.8) is 0 Å². The smallest absolute Gasteiger partial charge is 0.227 e. The second kappa shape index (κ2) is 9.87. The molecule has 30 heavy (non-hydrogen) atoms. The van der Waals surface area contributed by atoms with E-state index in [0.29, 0.717) is 13.1 Å². The molecule has 0 aliphatic carbocycles. The molecule has 0 spiro atoms. The molecule has 1 atom stereocenters. The molecule has 1 heterocycles. The van der Waals surface area contributed by atoms with Crippen LogP contribution < -0.4 is 5.32 Å². The molecule has 0 radical (unpaired) electrons. The number of phenolic OH excluding ortho intramolecular Hbond substituents is 1. The van der Waals surface area contributed by atoms with Gasteiger partial charge in [-0.3, -0.25) is 9.69 Å². The predicted molar refractivity (Wildman–Crippen MR) is 121 cm³/mol. The molecule has 2 N–H and O–H groups in total. The Bertz CT molecular complexity index is 942. The number of rotatable bonds is 9. The van der Waals surface area contributed by atoms with Crippen molar-refractivity contribution >= 4 is 17.2 Å². The van der Waals surface area contributed by atoms with Crippen LogP contribution in [-0.2, 0) is 17.8 Å². The first-order chi connectivity index (χ1) is 14.4. The maximum atomic E-state index is 13.2. The summed E-state index contributed by atoms with van der Waals surface area (Å²) in [6.45, 7) is 5.11. The minimum absolute atomic E-state index is 0.0160. The third-order valence-corrected chi connectivity index (χ3v) is 6.07. The molecule has 3 aromatic rings. The maximum absolute atomic E-state index is 13.2. The van der Waals surface area contributed by atoms with E-state index in [-0.39, 0.29) is 17.7 Å². The van der Waals surface area contributed by atoms with E-state index in [1.807, 2.05) is 56.6 Å². The number of hydrogen-bond donors (Lipinski definition) is 2. The van der Waals surface area contributed by atoms with Crippen LogP contribution in [0.15, 0.2) is 66.2 Å². The van der Waals surface area contributed by atoms with Gasteiger partial charge in [-0.25, -0.2) is 4.98 Å². The van der Waals surface area contributed by atoms with Gasteiger partial charge >= 0.3 is 0 Å². The van der Waals surface area contributed by atoms with Crippen molar-refractivity contribution in [2.75, 3.05) is 13.6 Å². The second-order valence-electron chi connectivity index (χ2n) is 8.05. The van der Waals surface area contributed by atoms with Gasteiger partial charge in [0, 0.05) is 24.2 Å². The molecule has 158 valence electrons. The van der Waals surface area contributed by atoms with Crippen LogP contribution in [0.2, 0.25) is 0 Å². The summed E-state index contributed by atoms with van der Waals surface area (Å²) in [4.78, 5) is 19.8. The molecule has 0 aliphatic heterocycles. The van der Waals surface area contributed by atoms with E-state index >= 15 is 0 Å². The average molecular weight is 424 g/mol. The normalized spacial score (nSPS) is 12.7. The highest BCUT2D eigenvalue weighted by atomic mass is 32.1. The van der Waals surface area contributed by atoms with Gasteiger partial charge in [-0.1, -0.05) is 42.5 Å². The fraction of sp³-hybridized carbons (Fsp3) is 0.333. The number of hydrogen-bond acceptors (Lipinski definition) is 5. The highest BCUT2D eigenvalue weighted by molar-refractivity contribution is 7.09.